The number of anilines is 1. The molecule has 162 valence electrons. The van der Waals surface area contributed by atoms with E-state index in [2.05, 4.69) is 21.2 Å². The first-order valence-corrected chi connectivity index (χ1v) is 12.2. The predicted molar refractivity (Wildman–Crippen MR) is 128 cm³/mol. The molecular formula is C24H25BrN2O3S. The number of sulfonamides is 1. The van der Waals surface area contributed by atoms with Gasteiger partial charge in [0.25, 0.3) is 10.0 Å². The molecule has 3 aromatic carbocycles. The summed E-state index contributed by atoms with van der Waals surface area (Å²) in [6, 6.07) is 23.4. The van der Waals surface area contributed by atoms with Crippen LogP contribution in [0.5, 0.6) is 0 Å². The molecule has 0 aliphatic rings. The molecule has 1 amide bonds. The summed E-state index contributed by atoms with van der Waals surface area (Å²) in [4.78, 5) is 12.9. The Labute approximate surface area is 192 Å². The Morgan fingerprint density at radius 1 is 1.00 bits per heavy atom. The van der Waals surface area contributed by atoms with Gasteiger partial charge in [0, 0.05) is 11.0 Å². The van der Waals surface area contributed by atoms with Crippen LogP contribution in [0.3, 0.4) is 0 Å². The van der Waals surface area contributed by atoms with Crippen LogP contribution in [0.4, 0.5) is 5.69 Å². The second-order valence-electron chi connectivity index (χ2n) is 7.42. The molecule has 0 fully saturated rings. The maximum Gasteiger partial charge on any atom is 0.264 e. The van der Waals surface area contributed by atoms with E-state index in [-0.39, 0.29) is 23.3 Å². The lowest BCUT2D eigenvalue weighted by Gasteiger charge is -2.25. The molecule has 0 bridgehead atoms. The molecule has 1 atom stereocenters. The van der Waals surface area contributed by atoms with Crippen LogP contribution in [0.2, 0.25) is 0 Å². The van der Waals surface area contributed by atoms with Crippen LogP contribution in [0, 0.1) is 6.92 Å². The normalized spacial score (nSPS) is 12.2. The van der Waals surface area contributed by atoms with Crippen LogP contribution in [0.25, 0.3) is 0 Å². The van der Waals surface area contributed by atoms with Gasteiger partial charge in [0.2, 0.25) is 5.91 Å². The van der Waals surface area contributed by atoms with Crippen molar-refractivity contribution in [3.05, 3.63) is 94.5 Å². The maximum absolute atomic E-state index is 13.4. The summed E-state index contributed by atoms with van der Waals surface area (Å²) in [5.74, 6) is -0.253. The van der Waals surface area contributed by atoms with Gasteiger partial charge in [-0.1, -0.05) is 76.9 Å². The molecule has 31 heavy (non-hydrogen) atoms. The Morgan fingerprint density at radius 2 is 1.68 bits per heavy atom. The quantitative estimate of drug-likeness (QED) is 0.479. The SMILES string of the molecule is Cc1ccc(S(=O)(=O)N(CC(=O)NCC(C)c2ccccc2)c2cccc(Br)c2)cc1. The summed E-state index contributed by atoms with van der Waals surface area (Å²) in [7, 11) is -3.92. The molecule has 0 radical (unpaired) electrons. The lowest BCUT2D eigenvalue weighted by Crippen LogP contribution is -2.41. The number of nitrogens with zero attached hydrogens (tertiary/aromatic N) is 1. The number of benzene rings is 3. The summed E-state index contributed by atoms with van der Waals surface area (Å²) in [6.45, 7) is 4.02. The van der Waals surface area contributed by atoms with Gasteiger partial charge in [0.05, 0.1) is 10.6 Å². The number of rotatable bonds is 8. The first-order chi connectivity index (χ1) is 14.8. The lowest BCUT2D eigenvalue weighted by molar-refractivity contribution is -0.119. The van der Waals surface area contributed by atoms with Gasteiger partial charge in [0.15, 0.2) is 0 Å². The first kappa shape index (κ1) is 23.0. The van der Waals surface area contributed by atoms with Crippen LogP contribution in [-0.2, 0) is 14.8 Å². The van der Waals surface area contributed by atoms with Crippen LogP contribution >= 0.6 is 15.9 Å². The monoisotopic (exact) mass is 500 g/mol. The van der Waals surface area contributed by atoms with E-state index in [9.17, 15) is 13.2 Å². The Bertz CT molecular complexity index is 1130. The minimum absolute atomic E-state index is 0.109. The summed E-state index contributed by atoms with van der Waals surface area (Å²) in [5.41, 5.74) is 2.49. The largest absolute Gasteiger partial charge is 0.354 e. The molecular weight excluding hydrogens is 476 g/mol. The molecule has 0 aliphatic heterocycles. The maximum atomic E-state index is 13.4. The van der Waals surface area contributed by atoms with Crippen LogP contribution in [-0.4, -0.2) is 27.4 Å². The fourth-order valence-corrected chi connectivity index (χ4v) is 4.94. The molecule has 5 nitrogen and oxygen atoms in total. The Kier molecular flexibility index (Phi) is 7.51. The highest BCUT2D eigenvalue weighted by Crippen LogP contribution is 2.26. The molecule has 0 saturated carbocycles. The second kappa shape index (κ2) is 10.1. The topological polar surface area (TPSA) is 66.5 Å². The Hall–Kier alpha value is -2.64. The minimum Gasteiger partial charge on any atom is -0.354 e. The molecule has 0 saturated heterocycles. The lowest BCUT2D eigenvalue weighted by atomic mass is 10.0. The number of aryl methyl sites for hydroxylation is 1. The number of hydrogen-bond donors (Lipinski definition) is 1. The number of hydrogen-bond acceptors (Lipinski definition) is 3. The van der Waals surface area contributed by atoms with Crippen molar-refractivity contribution in [3.8, 4) is 0 Å². The smallest absolute Gasteiger partial charge is 0.264 e. The number of nitrogens with one attached hydrogen (secondary N) is 1. The van der Waals surface area contributed by atoms with Gasteiger partial charge in [-0.3, -0.25) is 9.10 Å². The molecule has 1 N–H and O–H groups in total. The standard InChI is InChI=1S/C24H25BrN2O3S/c1-18-11-13-23(14-12-18)31(29,30)27(22-10-6-9-21(25)15-22)17-24(28)26-16-19(2)20-7-4-3-5-8-20/h3-15,19H,16-17H2,1-2H3,(H,26,28). The average Bonchev–Trinajstić information content (AvgIpc) is 2.76. The fourth-order valence-electron chi connectivity index (χ4n) is 3.14. The van der Waals surface area contributed by atoms with E-state index in [1.165, 1.54) is 0 Å². The van der Waals surface area contributed by atoms with Gasteiger partial charge in [-0.05, 0) is 48.7 Å². The van der Waals surface area contributed by atoms with Gasteiger partial charge < -0.3 is 5.32 Å². The van der Waals surface area contributed by atoms with Crippen molar-refractivity contribution >= 4 is 37.5 Å². The van der Waals surface area contributed by atoms with E-state index in [1.807, 2.05) is 50.2 Å². The van der Waals surface area contributed by atoms with Gasteiger partial charge in [-0.25, -0.2) is 8.42 Å². The summed E-state index contributed by atoms with van der Waals surface area (Å²) in [6.07, 6.45) is 0. The van der Waals surface area contributed by atoms with E-state index in [0.717, 1.165) is 19.9 Å². The van der Waals surface area contributed by atoms with E-state index in [4.69, 9.17) is 0 Å². The van der Waals surface area contributed by atoms with Crippen molar-refractivity contribution < 1.29 is 13.2 Å². The predicted octanol–water partition coefficient (Wildman–Crippen LogP) is 4.87. The second-order valence-corrected chi connectivity index (χ2v) is 10.2. The minimum atomic E-state index is -3.92. The van der Waals surface area contributed by atoms with Gasteiger partial charge >= 0.3 is 0 Å². The van der Waals surface area contributed by atoms with Crippen LogP contribution < -0.4 is 9.62 Å². The molecule has 0 spiro atoms. The molecule has 3 aromatic rings. The molecule has 0 aromatic heterocycles. The van der Waals surface area contributed by atoms with E-state index in [0.29, 0.717) is 12.2 Å². The average molecular weight is 501 g/mol. The van der Waals surface area contributed by atoms with E-state index >= 15 is 0 Å². The zero-order chi connectivity index (χ0) is 22.4. The third-order valence-electron chi connectivity index (χ3n) is 4.97. The highest BCUT2D eigenvalue weighted by Gasteiger charge is 2.27. The molecule has 0 aliphatic carbocycles. The molecule has 7 heteroatoms. The number of amides is 1. The molecule has 1 unspecified atom stereocenters. The molecule has 3 rings (SSSR count). The number of carbonyl (C=O) groups is 1. The van der Waals surface area contributed by atoms with Crippen molar-refractivity contribution in [1.82, 2.24) is 5.32 Å². The van der Waals surface area contributed by atoms with Crippen LogP contribution in [0.15, 0.2) is 88.2 Å². The molecule has 0 heterocycles. The Morgan fingerprint density at radius 3 is 2.32 bits per heavy atom. The van der Waals surface area contributed by atoms with Crippen molar-refractivity contribution in [3.63, 3.8) is 0 Å². The third kappa shape index (κ3) is 5.95. The van der Waals surface area contributed by atoms with E-state index < -0.39 is 10.0 Å². The Balaban J connectivity index is 1.81. The van der Waals surface area contributed by atoms with Crippen molar-refractivity contribution in [1.29, 1.82) is 0 Å². The summed E-state index contributed by atoms with van der Waals surface area (Å²) < 4.78 is 28.6. The van der Waals surface area contributed by atoms with Crippen LogP contribution in [0.1, 0.15) is 24.0 Å². The van der Waals surface area contributed by atoms with Crippen molar-refractivity contribution in [2.75, 3.05) is 17.4 Å². The third-order valence-corrected chi connectivity index (χ3v) is 7.25. The zero-order valence-corrected chi connectivity index (χ0v) is 19.9. The van der Waals surface area contributed by atoms with Gasteiger partial charge in [0.1, 0.15) is 6.54 Å². The van der Waals surface area contributed by atoms with Gasteiger partial charge in [-0.15, -0.1) is 0 Å². The van der Waals surface area contributed by atoms with Gasteiger partial charge in [-0.2, -0.15) is 0 Å². The van der Waals surface area contributed by atoms with Crippen molar-refractivity contribution in [2.45, 2.75) is 24.7 Å². The summed E-state index contributed by atoms with van der Waals surface area (Å²) >= 11 is 3.38. The van der Waals surface area contributed by atoms with E-state index in [1.54, 1.807) is 42.5 Å². The van der Waals surface area contributed by atoms with Crippen molar-refractivity contribution in [2.24, 2.45) is 0 Å². The fraction of sp³-hybridized carbons (Fsp3) is 0.208. The number of carbonyl (C=O) groups excluding carboxylic acids is 1. The zero-order valence-electron chi connectivity index (χ0n) is 17.5. The number of halogens is 1. The highest BCUT2D eigenvalue weighted by atomic mass is 79.9. The highest BCUT2D eigenvalue weighted by molar-refractivity contribution is 9.10. The first-order valence-electron chi connectivity index (χ1n) is 9.94. The summed E-state index contributed by atoms with van der Waals surface area (Å²) in [5, 5.41) is 2.87.